The normalized spacial score (nSPS) is 17.2. The highest BCUT2D eigenvalue weighted by Crippen LogP contribution is 2.31. The fourth-order valence-corrected chi connectivity index (χ4v) is 4.24. The van der Waals surface area contributed by atoms with Crippen molar-refractivity contribution in [3.8, 4) is 5.75 Å². The van der Waals surface area contributed by atoms with Crippen molar-refractivity contribution in [3.63, 3.8) is 0 Å². The van der Waals surface area contributed by atoms with Gasteiger partial charge in [-0.25, -0.2) is 19.2 Å². The van der Waals surface area contributed by atoms with Crippen LogP contribution in [0.5, 0.6) is 5.75 Å². The lowest BCUT2D eigenvalue weighted by Gasteiger charge is -2.41. The predicted octanol–water partition coefficient (Wildman–Crippen LogP) is 6.04. The number of benzene rings is 2. The zero-order valence-electron chi connectivity index (χ0n) is 23.4. The average molecular weight is 646 g/mol. The molecular formula is C28H31Cl3N2O9. The van der Waals surface area contributed by atoms with Crippen molar-refractivity contribution in [1.29, 1.82) is 0 Å². The van der Waals surface area contributed by atoms with Gasteiger partial charge in [0.15, 0.2) is 0 Å². The Kier molecular flexibility index (Phi) is 11.3. The van der Waals surface area contributed by atoms with E-state index in [1.165, 1.54) is 31.4 Å². The Hall–Kier alpha value is -3.25. The van der Waals surface area contributed by atoms with Crippen LogP contribution in [0.15, 0.2) is 54.6 Å². The van der Waals surface area contributed by atoms with Crippen molar-refractivity contribution in [2.24, 2.45) is 0 Å². The highest BCUT2D eigenvalue weighted by atomic mass is 35.6. The van der Waals surface area contributed by atoms with Crippen molar-refractivity contribution in [2.45, 2.75) is 61.9 Å². The third-order valence-corrected chi connectivity index (χ3v) is 6.11. The van der Waals surface area contributed by atoms with Crippen molar-refractivity contribution >= 4 is 58.9 Å². The highest BCUT2D eigenvalue weighted by molar-refractivity contribution is 6.66. The molecule has 1 aliphatic heterocycles. The van der Waals surface area contributed by atoms with Gasteiger partial charge >= 0.3 is 28.1 Å². The molecule has 2 amide bonds. The van der Waals surface area contributed by atoms with Gasteiger partial charge in [0, 0.05) is 6.54 Å². The molecule has 0 aliphatic carbocycles. The molecule has 1 heterocycles. The van der Waals surface area contributed by atoms with Gasteiger partial charge in [0.2, 0.25) is 0 Å². The van der Waals surface area contributed by atoms with E-state index in [0.717, 1.165) is 15.5 Å². The van der Waals surface area contributed by atoms with Crippen LogP contribution < -0.4 is 4.74 Å². The number of nitrogens with zero attached hydrogens (tertiary/aromatic N) is 2. The molecule has 0 radical (unpaired) electrons. The number of alkyl halides is 3. The molecule has 42 heavy (non-hydrogen) atoms. The Morgan fingerprint density at radius 3 is 2.14 bits per heavy atom. The molecule has 11 nitrogen and oxygen atoms in total. The number of hydrogen-bond acceptors (Lipinski definition) is 9. The third kappa shape index (κ3) is 9.94. The third-order valence-electron chi connectivity index (χ3n) is 5.88. The summed E-state index contributed by atoms with van der Waals surface area (Å²) in [7, 11) is 1.25. The van der Waals surface area contributed by atoms with E-state index in [2.05, 4.69) is 4.74 Å². The minimum atomic E-state index is -2.37. The number of amides is 2. The maximum atomic E-state index is 13.3. The van der Waals surface area contributed by atoms with Crippen LogP contribution in [0, 0.1) is 0 Å². The van der Waals surface area contributed by atoms with Crippen LogP contribution in [0.1, 0.15) is 49.5 Å². The molecule has 1 aliphatic rings. The molecule has 1 fully saturated rings. The number of halogens is 3. The molecule has 0 spiro atoms. The molecule has 1 saturated heterocycles. The first-order chi connectivity index (χ1) is 19.7. The lowest BCUT2D eigenvalue weighted by molar-refractivity contribution is -0.184. The van der Waals surface area contributed by atoms with Gasteiger partial charge in [-0.1, -0.05) is 30.3 Å². The van der Waals surface area contributed by atoms with Crippen molar-refractivity contribution in [1.82, 2.24) is 9.96 Å². The van der Waals surface area contributed by atoms with Gasteiger partial charge in [-0.2, -0.15) is 5.06 Å². The lowest BCUT2D eigenvalue weighted by atomic mass is 9.98. The van der Waals surface area contributed by atoms with Crippen LogP contribution in [0.25, 0.3) is 0 Å². The molecule has 0 saturated carbocycles. The summed E-state index contributed by atoms with van der Waals surface area (Å²) in [5.74, 6) is -1.14. The SMILES string of the molecule is COC(=O)c1ccc(OC(=O)[C@@H]2CC[C@@H](N(OCc3ccccc3)C(=O)OC(Cl)(Cl)Cl)CN2C(=O)OC(C)(C)C)cc1. The summed E-state index contributed by atoms with van der Waals surface area (Å²) in [5, 5.41) is 0.888. The van der Waals surface area contributed by atoms with E-state index in [1.54, 1.807) is 45.0 Å². The molecule has 3 rings (SSSR count). The molecule has 2 atom stereocenters. The smallest absolute Gasteiger partial charge is 0.437 e. The van der Waals surface area contributed by atoms with Gasteiger partial charge in [0.25, 0.3) is 0 Å². The van der Waals surface area contributed by atoms with Gasteiger partial charge in [-0.3, -0.25) is 9.74 Å². The zero-order valence-corrected chi connectivity index (χ0v) is 25.6. The van der Waals surface area contributed by atoms with E-state index < -0.39 is 45.8 Å². The monoisotopic (exact) mass is 644 g/mol. The number of rotatable bonds is 7. The second-order valence-electron chi connectivity index (χ2n) is 10.2. The van der Waals surface area contributed by atoms with E-state index in [1.807, 2.05) is 6.07 Å². The summed E-state index contributed by atoms with van der Waals surface area (Å²) < 4.78 is 18.3. The number of carbonyl (C=O) groups is 4. The fourth-order valence-electron chi connectivity index (χ4n) is 4.04. The number of likely N-dealkylation sites (tertiary alicyclic amines) is 1. The number of piperidine rings is 1. The zero-order chi connectivity index (χ0) is 31.1. The summed E-state index contributed by atoms with van der Waals surface area (Å²) in [4.78, 5) is 58.2. The summed E-state index contributed by atoms with van der Waals surface area (Å²) in [5.41, 5.74) is 0.120. The quantitative estimate of drug-likeness (QED) is 0.117. The summed E-state index contributed by atoms with van der Waals surface area (Å²) in [6.45, 7) is 4.80. The topological polar surface area (TPSA) is 121 Å². The maximum Gasteiger partial charge on any atom is 0.437 e. The Morgan fingerprint density at radius 1 is 0.929 bits per heavy atom. The van der Waals surface area contributed by atoms with E-state index in [-0.39, 0.29) is 37.3 Å². The van der Waals surface area contributed by atoms with Gasteiger partial charge in [0.1, 0.15) is 24.0 Å². The van der Waals surface area contributed by atoms with Gasteiger partial charge in [-0.15, -0.1) is 0 Å². The summed E-state index contributed by atoms with van der Waals surface area (Å²) in [6.07, 6.45) is -1.67. The minimum absolute atomic E-state index is 0.0359. The first kappa shape index (κ1) is 33.3. The standard InChI is InChI=1S/C28H31Cl3N2O9/c1-27(2,3)41-25(36)32-16-20(33(26(37)42-28(29,30)31)39-17-18-8-6-5-7-9-18)12-15-22(32)24(35)40-21-13-10-19(11-14-21)23(34)38-4/h5-11,13-14,20,22H,12,15-17H2,1-4H3/t20-,22+/m1/s1. The van der Waals surface area contributed by atoms with E-state index in [0.29, 0.717) is 0 Å². The van der Waals surface area contributed by atoms with Crippen LogP contribution in [-0.4, -0.2) is 69.4 Å². The number of methoxy groups -OCH3 is 1. The number of hydrogen-bond donors (Lipinski definition) is 0. The molecule has 0 bridgehead atoms. The van der Waals surface area contributed by atoms with E-state index in [9.17, 15) is 19.2 Å². The molecule has 14 heteroatoms. The van der Waals surface area contributed by atoms with Gasteiger partial charge in [0.05, 0.1) is 18.7 Å². The van der Waals surface area contributed by atoms with Crippen LogP contribution in [0.2, 0.25) is 0 Å². The van der Waals surface area contributed by atoms with Crippen LogP contribution >= 0.6 is 34.8 Å². The van der Waals surface area contributed by atoms with E-state index in [4.69, 9.17) is 53.9 Å². The van der Waals surface area contributed by atoms with Crippen molar-refractivity contribution in [3.05, 3.63) is 65.7 Å². The fraction of sp³-hybridized carbons (Fsp3) is 0.429. The molecule has 0 unspecified atom stereocenters. The molecule has 2 aromatic carbocycles. The molecule has 0 N–H and O–H groups in total. The van der Waals surface area contributed by atoms with Crippen LogP contribution in [0.3, 0.4) is 0 Å². The average Bonchev–Trinajstić information content (AvgIpc) is 2.91. The van der Waals surface area contributed by atoms with E-state index >= 15 is 0 Å². The second-order valence-corrected chi connectivity index (χ2v) is 12.4. The molecule has 0 aromatic heterocycles. The Balaban J connectivity index is 1.83. The number of hydroxylamine groups is 2. The Bertz CT molecular complexity index is 1250. The minimum Gasteiger partial charge on any atom is -0.465 e. The first-order valence-corrected chi connectivity index (χ1v) is 14.0. The van der Waals surface area contributed by atoms with Crippen LogP contribution in [-0.2, 0) is 30.4 Å². The highest BCUT2D eigenvalue weighted by Gasteiger charge is 2.44. The van der Waals surface area contributed by atoms with Gasteiger partial charge < -0.3 is 18.9 Å². The van der Waals surface area contributed by atoms with Crippen molar-refractivity contribution < 1.29 is 43.0 Å². The largest absolute Gasteiger partial charge is 0.465 e. The molecule has 228 valence electrons. The predicted molar refractivity (Wildman–Crippen MR) is 153 cm³/mol. The lowest BCUT2D eigenvalue weighted by Crippen LogP contribution is -2.58. The second kappa shape index (κ2) is 14.3. The number of carbonyl (C=O) groups excluding carboxylic acids is 4. The van der Waals surface area contributed by atoms with Gasteiger partial charge in [-0.05, 0) is 98.2 Å². The number of ether oxygens (including phenoxy) is 4. The summed E-state index contributed by atoms with van der Waals surface area (Å²) >= 11 is 17.1. The Labute approximate surface area is 258 Å². The molecule has 2 aromatic rings. The van der Waals surface area contributed by atoms with Crippen molar-refractivity contribution in [2.75, 3.05) is 13.7 Å². The first-order valence-electron chi connectivity index (χ1n) is 12.8. The number of esters is 2. The Morgan fingerprint density at radius 2 is 1.57 bits per heavy atom. The maximum absolute atomic E-state index is 13.3. The molecular weight excluding hydrogens is 615 g/mol. The summed E-state index contributed by atoms with van der Waals surface area (Å²) in [6, 6.07) is 12.8. The van der Waals surface area contributed by atoms with Crippen LogP contribution in [0.4, 0.5) is 9.59 Å².